The van der Waals surface area contributed by atoms with Crippen molar-refractivity contribution >= 4 is 5.69 Å². The molecule has 0 unspecified atom stereocenters. The van der Waals surface area contributed by atoms with Crippen LogP contribution >= 0.6 is 0 Å². The lowest BCUT2D eigenvalue weighted by Crippen LogP contribution is -2.02. The maximum absolute atomic E-state index is 8.90. The highest BCUT2D eigenvalue weighted by atomic mass is 16.5. The SMILES string of the molecule is COc1ccc(CNc2cccnc2C#N)cn1. The molecule has 0 aromatic carbocycles. The number of hydrogen-bond donors (Lipinski definition) is 1. The van der Waals surface area contributed by atoms with Crippen LogP contribution in [0.5, 0.6) is 5.88 Å². The number of anilines is 1. The largest absolute Gasteiger partial charge is 0.481 e. The monoisotopic (exact) mass is 240 g/mol. The van der Waals surface area contributed by atoms with Crippen molar-refractivity contribution in [2.24, 2.45) is 0 Å². The van der Waals surface area contributed by atoms with Crippen molar-refractivity contribution in [2.45, 2.75) is 6.54 Å². The van der Waals surface area contributed by atoms with Crippen molar-refractivity contribution in [1.82, 2.24) is 9.97 Å². The number of pyridine rings is 2. The van der Waals surface area contributed by atoms with Crippen LogP contribution in [0, 0.1) is 11.3 Å². The molecule has 0 aliphatic carbocycles. The van der Waals surface area contributed by atoms with Gasteiger partial charge in [-0.3, -0.25) is 0 Å². The van der Waals surface area contributed by atoms with Gasteiger partial charge in [0.2, 0.25) is 5.88 Å². The molecule has 0 aliphatic heterocycles. The highest BCUT2D eigenvalue weighted by Gasteiger charge is 2.02. The van der Waals surface area contributed by atoms with Gasteiger partial charge in [-0.25, -0.2) is 9.97 Å². The van der Waals surface area contributed by atoms with Crippen molar-refractivity contribution in [1.29, 1.82) is 5.26 Å². The second-order valence-corrected chi connectivity index (χ2v) is 3.57. The van der Waals surface area contributed by atoms with E-state index in [4.69, 9.17) is 10.00 Å². The Bertz CT molecular complexity index is 560. The van der Waals surface area contributed by atoms with Crippen molar-refractivity contribution in [3.05, 3.63) is 47.9 Å². The topological polar surface area (TPSA) is 70.8 Å². The molecule has 5 heteroatoms. The molecule has 0 amide bonds. The summed E-state index contributed by atoms with van der Waals surface area (Å²) in [6, 6.07) is 9.36. The standard InChI is InChI=1S/C13H12N4O/c1-18-13-5-4-10(9-17-13)8-16-11-3-2-6-15-12(11)7-14/h2-6,9,16H,8H2,1H3. The van der Waals surface area contributed by atoms with Crippen molar-refractivity contribution in [3.8, 4) is 11.9 Å². The molecule has 0 radical (unpaired) electrons. The smallest absolute Gasteiger partial charge is 0.212 e. The normalized spacial score (nSPS) is 9.56. The van der Waals surface area contributed by atoms with Gasteiger partial charge in [-0.05, 0) is 17.7 Å². The van der Waals surface area contributed by atoms with Crippen LogP contribution in [0.4, 0.5) is 5.69 Å². The molecule has 2 rings (SSSR count). The molecule has 90 valence electrons. The van der Waals surface area contributed by atoms with Crippen molar-refractivity contribution in [3.63, 3.8) is 0 Å². The Morgan fingerprint density at radius 1 is 1.33 bits per heavy atom. The molecule has 5 nitrogen and oxygen atoms in total. The van der Waals surface area contributed by atoms with Crippen molar-refractivity contribution < 1.29 is 4.74 Å². The third kappa shape index (κ3) is 2.74. The summed E-state index contributed by atoms with van der Waals surface area (Å²) in [5.41, 5.74) is 2.11. The fourth-order valence-corrected chi connectivity index (χ4v) is 1.47. The Kier molecular flexibility index (Phi) is 3.72. The second-order valence-electron chi connectivity index (χ2n) is 3.57. The molecule has 0 spiro atoms. The predicted octanol–water partition coefficient (Wildman–Crippen LogP) is 1.97. The zero-order chi connectivity index (χ0) is 12.8. The first-order valence-corrected chi connectivity index (χ1v) is 5.41. The molecule has 0 atom stereocenters. The number of nitrogens with zero attached hydrogens (tertiary/aromatic N) is 3. The number of methoxy groups -OCH3 is 1. The molecule has 0 fully saturated rings. The Hall–Kier alpha value is -2.61. The van der Waals surface area contributed by atoms with E-state index in [1.165, 1.54) is 0 Å². The third-order valence-electron chi connectivity index (χ3n) is 2.40. The fraction of sp³-hybridized carbons (Fsp3) is 0.154. The number of ether oxygens (including phenoxy) is 1. The summed E-state index contributed by atoms with van der Waals surface area (Å²) in [6.07, 6.45) is 3.33. The molecule has 18 heavy (non-hydrogen) atoms. The number of rotatable bonds is 4. The fourth-order valence-electron chi connectivity index (χ4n) is 1.47. The Morgan fingerprint density at radius 2 is 2.22 bits per heavy atom. The summed E-state index contributed by atoms with van der Waals surface area (Å²) in [4.78, 5) is 8.09. The summed E-state index contributed by atoms with van der Waals surface area (Å²) in [7, 11) is 1.58. The van der Waals surface area contributed by atoms with Gasteiger partial charge in [0.1, 0.15) is 6.07 Å². The van der Waals surface area contributed by atoms with E-state index in [9.17, 15) is 0 Å². The Balaban J connectivity index is 2.05. The van der Waals surface area contributed by atoms with Crippen LogP contribution in [0.3, 0.4) is 0 Å². The van der Waals surface area contributed by atoms with Crippen LogP contribution in [0.15, 0.2) is 36.7 Å². The minimum absolute atomic E-state index is 0.388. The average Bonchev–Trinajstić information content (AvgIpc) is 2.46. The first kappa shape index (κ1) is 11.9. The van der Waals surface area contributed by atoms with E-state index in [0.29, 0.717) is 18.1 Å². The van der Waals surface area contributed by atoms with Crippen molar-refractivity contribution in [2.75, 3.05) is 12.4 Å². The predicted molar refractivity (Wildman–Crippen MR) is 67.1 cm³/mol. The lowest BCUT2D eigenvalue weighted by atomic mass is 10.2. The van der Waals surface area contributed by atoms with Gasteiger partial charge in [-0.2, -0.15) is 5.26 Å². The Morgan fingerprint density at radius 3 is 2.89 bits per heavy atom. The minimum atomic E-state index is 0.388. The molecule has 2 aromatic heterocycles. The molecule has 0 aliphatic rings. The van der Waals surface area contributed by atoms with E-state index in [1.54, 1.807) is 31.6 Å². The lowest BCUT2D eigenvalue weighted by molar-refractivity contribution is 0.397. The molecule has 2 aromatic rings. The van der Waals surface area contributed by atoms with E-state index in [2.05, 4.69) is 15.3 Å². The molecule has 0 saturated heterocycles. The number of hydrogen-bond acceptors (Lipinski definition) is 5. The van der Waals surface area contributed by atoms with Gasteiger partial charge in [-0.1, -0.05) is 6.07 Å². The molecule has 0 bridgehead atoms. The van der Waals surface area contributed by atoms with Gasteiger partial charge >= 0.3 is 0 Å². The zero-order valence-electron chi connectivity index (χ0n) is 9.92. The van der Waals surface area contributed by atoms with Crippen LogP contribution in [0.2, 0.25) is 0 Å². The summed E-state index contributed by atoms with van der Waals surface area (Å²) in [6.45, 7) is 0.581. The van der Waals surface area contributed by atoms with E-state index in [0.717, 1.165) is 11.3 Å². The van der Waals surface area contributed by atoms with Crippen LogP contribution in [-0.4, -0.2) is 17.1 Å². The minimum Gasteiger partial charge on any atom is -0.481 e. The molecular formula is C13H12N4O. The van der Waals surface area contributed by atoms with Gasteiger partial charge in [0.05, 0.1) is 12.8 Å². The first-order valence-electron chi connectivity index (χ1n) is 5.41. The van der Waals surface area contributed by atoms with Gasteiger partial charge in [0.15, 0.2) is 5.69 Å². The van der Waals surface area contributed by atoms with E-state index in [1.807, 2.05) is 18.2 Å². The van der Waals surface area contributed by atoms with Crippen LogP contribution in [0.1, 0.15) is 11.3 Å². The Labute approximate surface area is 105 Å². The quantitative estimate of drug-likeness (QED) is 0.884. The third-order valence-corrected chi connectivity index (χ3v) is 2.40. The van der Waals surface area contributed by atoms with Gasteiger partial charge in [0, 0.05) is 25.0 Å². The summed E-state index contributed by atoms with van der Waals surface area (Å²) in [5, 5.41) is 12.1. The van der Waals surface area contributed by atoms with Crippen LogP contribution < -0.4 is 10.1 Å². The highest BCUT2D eigenvalue weighted by Crippen LogP contribution is 2.13. The average molecular weight is 240 g/mol. The maximum atomic E-state index is 8.90. The summed E-state index contributed by atoms with van der Waals surface area (Å²) in [5.74, 6) is 0.581. The number of aromatic nitrogens is 2. The first-order chi connectivity index (χ1) is 8.83. The molecule has 1 N–H and O–H groups in total. The van der Waals surface area contributed by atoms with E-state index < -0.39 is 0 Å². The molecular weight excluding hydrogens is 228 g/mol. The van der Waals surface area contributed by atoms with Crippen LogP contribution in [-0.2, 0) is 6.54 Å². The van der Waals surface area contributed by atoms with Gasteiger partial charge in [0.25, 0.3) is 0 Å². The lowest BCUT2D eigenvalue weighted by Gasteiger charge is -2.07. The van der Waals surface area contributed by atoms with E-state index >= 15 is 0 Å². The number of nitriles is 1. The summed E-state index contributed by atoms with van der Waals surface area (Å²) >= 11 is 0. The summed E-state index contributed by atoms with van der Waals surface area (Å²) < 4.78 is 4.98. The highest BCUT2D eigenvalue weighted by molar-refractivity contribution is 5.53. The molecule has 2 heterocycles. The second kappa shape index (κ2) is 5.64. The van der Waals surface area contributed by atoms with Gasteiger partial charge < -0.3 is 10.1 Å². The number of nitrogens with one attached hydrogen (secondary N) is 1. The van der Waals surface area contributed by atoms with E-state index in [-0.39, 0.29) is 0 Å². The maximum Gasteiger partial charge on any atom is 0.212 e. The van der Waals surface area contributed by atoms with Gasteiger partial charge in [-0.15, -0.1) is 0 Å². The molecule has 0 saturated carbocycles. The zero-order valence-corrected chi connectivity index (χ0v) is 9.92. The van der Waals surface area contributed by atoms with Crippen LogP contribution in [0.25, 0.3) is 0 Å².